The zero-order valence-corrected chi connectivity index (χ0v) is 10.5. The fourth-order valence-corrected chi connectivity index (χ4v) is 3.65. The lowest BCUT2D eigenvalue weighted by molar-refractivity contribution is -0.144. The fourth-order valence-electron chi connectivity index (χ4n) is 2.24. The van der Waals surface area contributed by atoms with Gasteiger partial charge in [0.15, 0.2) is 0 Å². The maximum atomic E-state index is 11.6. The average molecular weight is 241 g/mol. The van der Waals surface area contributed by atoms with Crippen molar-refractivity contribution in [2.24, 2.45) is 5.92 Å². The van der Waals surface area contributed by atoms with Gasteiger partial charge >= 0.3 is 5.97 Å². The molecule has 1 aliphatic heterocycles. The molecule has 1 saturated heterocycles. The number of ether oxygens (including phenoxy) is 1. The van der Waals surface area contributed by atoms with Crippen molar-refractivity contribution in [3.05, 3.63) is 12.2 Å². The molecule has 1 fully saturated rings. The number of allylic oxidation sites excluding steroid dienone is 2. The van der Waals surface area contributed by atoms with Crippen LogP contribution in [-0.2, 0) is 9.53 Å². The Bertz CT molecular complexity index is 280. The van der Waals surface area contributed by atoms with Crippen molar-refractivity contribution >= 4 is 17.7 Å². The summed E-state index contributed by atoms with van der Waals surface area (Å²) in [6.45, 7) is 2.32. The molecule has 3 nitrogen and oxygen atoms in total. The monoisotopic (exact) mass is 241 g/mol. The van der Waals surface area contributed by atoms with Gasteiger partial charge in [-0.2, -0.15) is 0 Å². The summed E-state index contributed by atoms with van der Waals surface area (Å²) in [4.78, 5) is 11.6. The normalized spacial score (nSPS) is 33.9. The van der Waals surface area contributed by atoms with E-state index in [1.165, 1.54) is 12.8 Å². The van der Waals surface area contributed by atoms with Crippen molar-refractivity contribution in [1.29, 1.82) is 0 Å². The maximum absolute atomic E-state index is 11.6. The van der Waals surface area contributed by atoms with Crippen molar-refractivity contribution in [1.82, 2.24) is 5.32 Å². The molecule has 0 bridgehead atoms. The van der Waals surface area contributed by atoms with Gasteiger partial charge in [-0.25, -0.2) is 0 Å². The number of carbonyl (C=O) groups excluding carboxylic acids is 1. The predicted molar refractivity (Wildman–Crippen MR) is 66.3 cm³/mol. The van der Waals surface area contributed by atoms with E-state index in [4.69, 9.17) is 4.74 Å². The minimum atomic E-state index is -0.0964. The van der Waals surface area contributed by atoms with Crippen molar-refractivity contribution in [2.45, 2.75) is 37.6 Å². The summed E-state index contributed by atoms with van der Waals surface area (Å²) < 4.78 is 5.03. The highest BCUT2D eigenvalue weighted by atomic mass is 32.2. The van der Waals surface area contributed by atoms with Crippen LogP contribution in [0.3, 0.4) is 0 Å². The molecular weight excluding hydrogens is 222 g/mol. The topological polar surface area (TPSA) is 38.3 Å². The van der Waals surface area contributed by atoms with Gasteiger partial charge in [-0.05, 0) is 32.1 Å². The van der Waals surface area contributed by atoms with E-state index in [9.17, 15) is 4.79 Å². The second-order valence-corrected chi connectivity index (χ2v) is 5.44. The largest absolute Gasteiger partial charge is 0.465 e. The first-order chi connectivity index (χ1) is 7.81. The fraction of sp³-hybridized carbons (Fsp3) is 0.750. The number of carbonyl (C=O) groups is 1. The molecule has 2 aliphatic rings. The third-order valence-electron chi connectivity index (χ3n) is 3.12. The Morgan fingerprint density at radius 1 is 1.56 bits per heavy atom. The maximum Gasteiger partial charge on any atom is 0.324 e. The summed E-state index contributed by atoms with van der Waals surface area (Å²) in [6, 6.07) is -0.0964. The zero-order chi connectivity index (χ0) is 11.4. The number of hydrogen-bond donors (Lipinski definition) is 1. The molecule has 1 heterocycles. The van der Waals surface area contributed by atoms with E-state index in [0.29, 0.717) is 17.9 Å². The first-order valence-corrected chi connectivity index (χ1v) is 7.05. The van der Waals surface area contributed by atoms with Crippen molar-refractivity contribution in [3.63, 3.8) is 0 Å². The highest BCUT2D eigenvalue weighted by molar-refractivity contribution is 8.00. The minimum Gasteiger partial charge on any atom is -0.465 e. The van der Waals surface area contributed by atoms with Gasteiger partial charge in [0.1, 0.15) is 6.04 Å². The molecule has 0 spiro atoms. The summed E-state index contributed by atoms with van der Waals surface area (Å²) in [7, 11) is 0. The molecule has 0 unspecified atom stereocenters. The van der Waals surface area contributed by atoms with Gasteiger partial charge in [-0.1, -0.05) is 12.2 Å². The van der Waals surface area contributed by atoms with Crippen LogP contribution < -0.4 is 5.32 Å². The Morgan fingerprint density at radius 3 is 3.12 bits per heavy atom. The van der Waals surface area contributed by atoms with Gasteiger partial charge in [-0.3, -0.25) is 10.1 Å². The summed E-state index contributed by atoms with van der Waals surface area (Å²) in [5.41, 5.74) is 0. The lowest BCUT2D eigenvalue weighted by Crippen LogP contribution is -2.40. The molecule has 4 heteroatoms. The zero-order valence-electron chi connectivity index (χ0n) is 9.65. The number of rotatable bonds is 3. The molecule has 0 amide bonds. The third kappa shape index (κ3) is 2.80. The van der Waals surface area contributed by atoms with Gasteiger partial charge in [0.05, 0.1) is 12.0 Å². The van der Waals surface area contributed by atoms with E-state index in [-0.39, 0.29) is 12.0 Å². The molecular formula is C12H19NO2S. The number of hydrogen-bond acceptors (Lipinski definition) is 4. The van der Waals surface area contributed by atoms with E-state index in [2.05, 4.69) is 17.5 Å². The first-order valence-electron chi connectivity index (χ1n) is 6.00. The van der Waals surface area contributed by atoms with Crippen LogP contribution in [0.1, 0.15) is 26.2 Å². The van der Waals surface area contributed by atoms with Crippen molar-refractivity contribution in [3.8, 4) is 0 Å². The van der Waals surface area contributed by atoms with Crippen LogP contribution in [0.4, 0.5) is 0 Å². The highest BCUT2D eigenvalue weighted by Gasteiger charge is 2.34. The molecule has 0 radical (unpaired) electrons. The summed E-state index contributed by atoms with van der Waals surface area (Å²) in [5.74, 6) is 1.43. The Hall–Kier alpha value is -0.480. The van der Waals surface area contributed by atoms with E-state index in [0.717, 1.165) is 12.2 Å². The Morgan fingerprint density at radius 2 is 2.44 bits per heavy atom. The molecule has 0 aromatic rings. The van der Waals surface area contributed by atoms with Gasteiger partial charge in [0.2, 0.25) is 0 Å². The number of esters is 1. The SMILES string of the molecule is CCOC(=O)[C@@H]1CS[C@H]([C@H]2CC=CCC2)N1. The lowest BCUT2D eigenvalue weighted by atomic mass is 9.94. The first kappa shape index (κ1) is 12.0. The molecule has 0 saturated carbocycles. The number of nitrogens with one attached hydrogen (secondary N) is 1. The van der Waals surface area contributed by atoms with Crippen LogP contribution in [-0.4, -0.2) is 29.7 Å². The number of thioether (sulfide) groups is 1. The van der Waals surface area contributed by atoms with Crippen LogP contribution in [0, 0.1) is 5.92 Å². The summed E-state index contributed by atoms with van der Waals surface area (Å²) >= 11 is 1.87. The highest BCUT2D eigenvalue weighted by Crippen LogP contribution is 2.32. The van der Waals surface area contributed by atoms with Crippen molar-refractivity contribution in [2.75, 3.05) is 12.4 Å². The summed E-state index contributed by atoms with van der Waals surface area (Å²) in [6.07, 6.45) is 8.05. The standard InChI is InChI=1S/C12H19NO2S/c1-2-15-12(14)10-8-16-11(13-10)9-6-4-3-5-7-9/h3-4,9-11,13H,2,5-8H2,1H3/t9-,10-,11+/m0/s1. The third-order valence-corrected chi connectivity index (χ3v) is 4.52. The predicted octanol–water partition coefficient (Wildman–Crippen LogP) is 1.94. The molecule has 1 N–H and O–H groups in total. The molecule has 0 aromatic carbocycles. The molecule has 3 atom stereocenters. The molecule has 1 aliphatic carbocycles. The van der Waals surface area contributed by atoms with Crippen LogP contribution in [0.25, 0.3) is 0 Å². The second kappa shape index (κ2) is 5.73. The van der Waals surface area contributed by atoms with Gasteiger partial charge in [0.25, 0.3) is 0 Å². The van der Waals surface area contributed by atoms with E-state index in [1.54, 1.807) is 0 Å². The van der Waals surface area contributed by atoms with Crippen molar-refractivity contribution < 1.29 is 9.53 Å². The Balaban J connectivity index is 1.83. The van der Waals surface area contributed by atoms with Crippen LogP contribution >= 0.6 is 11.8 Å². The quantitative estimate of drug-likeness (QED) is 0.605. The summed E-state index contributed by atoms with van der Waals surface area (Å²) in [5, 5.41) is 3.83. The van der Waals surface area contributed by atoms with E-state index in [1.807, 2.05) is 18.7 Å². The van der Waals surface area contributed by atoms with Crippen LogP contribution in [0.15, 0.2) is 12.2 Å². The minimum absolute atomic E-state index is 0.0937. The van der Waals surface area contributed by atoms with Gasteiger partial charge < -0.3 is 4.74 Å². The molecule has 2 rings (SSSR count). The Kier molecular flexibility index (Phi) is 4.29. The smallest absolute Gasteiger partial charge is 0.324 e. The van der Waals surface area contributed by atoms with E-state index >= 15 is 0 Å². The van der Waals surface area contributed by atoms with Gasteiger partial charge in [0, 0.05) is 5.75 Å². The Labute approximate surface area is 101 Å². The molecule has 16 heavy (non-hydrogen) atoms. The van der Waals surface area contributed by atoms with Crippen LogP contribution in [0.5, 0.6) is 0 Å². The van der Waals surface area contributed by atoms with E-state index < -0.39 is 0 Å². The second-order valence-electron chi connectivity index (χ2n) is 4.27. The van der Waals surface area contributed by atoms with Crippen LogP contribution in [0.2, 0.25) is 0 Å². The average Bonchev–Trinajstić information content (AvgIpc) is 2.80. The lowest BCUT2D eigenvalue weighted by Gasteiger charge is -2.24. The molecule has 90 valence electrons. The molecule has 0 aromatic heterocycles. The van der Waals surface area contributed by atoms with Gasteiger partial charge in [-0.15, -0.1) is 11.8 Å².